The van der Waals surface area contributed by atoms with Crippen molar-refractivity contribution >= 4 is 5.91 Å². The van der Waals surface area contributed by atoms with Crippen molar-refractivity contribution in [3.63, 3.8) is 0 Å². The molecule has 1 aromatic heterocycles. The predicted molar refractivity (Wildman–Crippen MR) is 72.0 cm³/mol. The van der Waals surface area contributed by atoms with Crippen molar-refractivity contribution in [1.82, 2.24) is 10.3 Å². The van der Waals surface area contributed by atoms with Gasteiger partial charge in [0, 0.05) is 30.8 Å². The molecule has 0 bridgehead atoms. The summed E-state index contributed by atoms with van der Waals surface area (Å²) in [6.07, 6.45) is 5.32. The summed E-state index contributed by atoms with van der Waals surface area (Å²) < 4.78 is 0. The van der Waals surface area contributed by atoms with Gasteiger partial charge in [0.15, 0.2) is 0 Å². The number of carbonyl (C=O) groups excluding carboxylic acids is 1. The number of aromatic amines is 1. The molecule has 1 aliphatic rings. The van der Waals surface area contributed by atoms with Gasteiger partial charge >= 0.3 is 0 Å². The zero-order chi connectivity index (χ0) is 13.7. The number of H-pyrrole nitrogens is 1. The highest BCUT2D eigenvalue weighted by atomic mass is 16.1. The topological polar surface area (TPSA) is 94.7 Å². The maximum absolute atomic E-state index is 12.0. The number of carbonyl (C=O) groups is 1. The lowest BCUT2D eigenvalue weighted by Gasteiger charge is -2.30. The molecule has 0 spiro atoms. The third kappa shape index (κ3) is 3.58. The normalized spacial score (nSPS) is 26.6. The van der Waals surface area contributed by atoms with E-state index < -0.39 is 5.54 Å². The first-order valence-electron chi connectivity index (χ1n) is 6.73. The molecule has 2 rings (SSSR count). The van der Waals surface area contributed by atoms with Crippen molar-refractivity contribution in [2.45, 2.75) is 37.6 Å². The summed E-state index contributed by atoms with van der Waals surface area (Å²) in [7, 11) is 0. The number of aromatic nitrogens is 1. The van der Waals surface area contributed by atoms with Gasteiger partial charge in [0.05, 0.1) is 6.07 Å². The molecule has 1 heterocycles. The van der Waals surface area contributed by atoms with Crippen LogP contribution in [0.2, 0.25) is 0 Å². The van der Waals surface area contributed by atoms with Crippen LogP contribution < -0.4 is 11.1 Å². The number of hydrogen-bond acceptors (Lipinski definition) is 3. The van der Waals surface area contributed by atoms with E-state index in [0.717, 1.165) is 12.1 Å². The van der Waals surface area contributed by atoms with Crippen molar-refractivity contribution in [3.05, 3.63) is 24.0 Å². The molecule has 102 valence electrons. The molecule has 19 heavy (non-hydrogen) atoms. The first-order valence-corrected chi connectivity index (χ1v) is 6.73. The number of rotatable bonds is 4. The van der Waals surface area contributed by atoms with Crippen molar-refractivity contribution in [3.8, 4) is 6.07 Å². The van der Waals surface area contributed by atoms with E-state index in [1.165, 1.54) is 0 Å². The van der Waals surface area contributed by atoms with Crippen LogP contribution in [0, 0.1) is 17.2 Å². The Morgan fingerprint density at radius 1 is 1.58 bits per heavy atom. The number of nitrogens with zero attached hydrogens (tertiary/aromatic N) is 1. The molecule has 5 heteroatoms. The Balaban J connectivity index is 1.71. The highest BCUT2D eigenvalue weighted by Gasteiger charge is 2.34. The Bertz CT molecular complexity index is 452. The Kier molecular flexibility index (Phi) is 4.23. The third-order valence-electron chi connectivity index (χ3n) is 3.83. The molecule has 1 saturated carbocycles. The van der Waals surface area contributed by atoms with Crippen LogP contribution in [0.15, 0.2) is 18.3 Å². The van der Waals surface area contributed by atoms with Gasteiger partial charge < -0.3 is 16.0 Å². The average Bonchev–Trinajstić information content (AvgIpc) is 2.92. The molecular formula is C14H20N4O. The lowest BCUT2D eigenvalue weighted by Crippen LogP contribution is -2.44. The van der Waals surface area contributed by atoms with E-state index >= 15 is 0 Å². The average molecular weight is 260 g/mol. The number of nitrogens with one attached hydrogen (secondary N) is 2. The predicted octanol–water partition coefficient (Wildman–Crippen LogP) is 1.08. The summed E-state index contributed by atoms with van der Waals surface area (Å²) in [5.74, 6) is 0.0974. The molecule has 0 saturated heterocycles. The first kappa shape index (κ1) is 13.6. The van der Waals surface area contributed by atoms with Crippen LogP contribution >= 0.6 is 0 Å². The maximum atomic E-state index is 12.0. The fourth-order valence-electron chi connectivity index (χ4n) is 2.49. The third-order valence-corrected chi connectivity index (χ3v) is 3.83. The molecule has 1 aliphatic carbocycles. The van der Waals surface area contributed by atoms with E-state index in [2.05, 4.69) is 16.4 Å². The molecule has 4 N–H and O–H groups in total. The van der Waals surface area contributed by atoms with Gasteiger partial charge in [-0.1, -0.05) is 0 Å². The molecule has 5 nitrogen and oxygen atoms in total. The Hall–Kier alpha value is -1.80. The molecule has 0 atom stereocenters. The van der Waals surface area contributed by atoms with Crippen LogP contribution in [0.5, 0.6) is 0 Å². The van der Waals surface area contributed by atoms with E-state index in [9.17, 15) is 4.79 Å². The Morgan fingerprint density at radius 3 is 2.89 bits per heavy atom. The summed E-state index contributed by atoms with van der Waals surface area (Å²) >= 11 is 0. The van der Waals surface area contributed by atoms with Crippen molar-refractivity contribution in [2.24, 2.45) is 11.7 Å². The van der Waals surface area contributed by atoms with Crippen LogP contribution in [-0.2, 0) is 11.2 Å². The molecule has 1 aromatic rings. The molecule has 0 unspecified atom stereocenters. The van der Waals surface area contributed by atoms with E-state index in [-0.39, 0.29) is 11.8 Å². The summed E-state index contributed by atoms with van der Waals surface area (Å²) in [6, 6.07) is 6.09. The zero-order valence-corrected chi connectivity index (χ0v) is 11.0. The smallest absolute Gasteiger partial charge is 0.223 e. The monoisotopic (exact) mass is 260 g/mol. The lowest BCUT2D eigenvalue weighted by atomic mass is 9.77. The van der Waals surface area contributed by atoms with Gasteiger partial charge in [0.25, 0.3) is 0 Å². The van der Waals surface area contributed by atoms with E-state index in [1.54, 1.807) is 0 Å². The van der Waals surface area contributed by atoms with Crippen LogP contribution in [-0.4, -0.2) is 23.0 Å². The minimum absolute atomic E-state index is 0.00802. The number of amides is 1. The summed E-state index contributed by atoms with van der Waals surface area (Å²) in [6.45, 7) is 0.641. The van der Waals surface area contributed by atoms with E-state index in [1.807, 2.05) is 18.3 Å². The summed E-state index contributed by atoms with van der Waals surface area (Å²) in [5, 5.41) is 11.9. The van der Waals surface area contributed by atoms with Crippen LogP contribution in [0.25, 0.3) is 0 Å². The minimum Gasteiger partial charge on any atom is -0.365 e. The second kappa shape index (κ2) is 5.89. The van der Waals surface area contributed by atoms with Crippen molar-refractivity contribution < 1.29 is 4.79 Å². The molecule has 1 fully saturated rings. The van der Waals surface area contributed by atoms with Gasteiger partial charge in [-0.15, -0.1) is 0 Å². The van der Waals surface area contributed by atoms with Gasteiger partial charge in [-0.2, -0.15) is 5.26 Å². The quantitative estimate of drug-likeness (QED) is 0.756. The maximum Gasteiger partial charge on any atom is 0.223 e. The van der Waals surface area contributed by atoms with Gasteiger partial charge in [-0.25, -0.2) is 0 Å². The fraction of sp³-hybridized carbons (Fsp3) is 0.571. The number of nitriles is 1. The highest BCUT2D eigenvalue weighted by Crippen LogP contribution is 2.29. The molecule has 1 amide bonds. The standard InChI is InChI=1S/C14H20N4O/c15-10-14(16)6-3-11(4-7-14)13(19)18-9-5-12-2-1-8-17-12/h1-2,8,11,17H,3-7,9,16H2,(H,18,19). The second-order valence-corrected chi connectivity index (χ2v) is 5.28. The van der Waals surface area contributed by atoms with Crippen LogP contribution in [0.4, 0.5) is 0 Å². The summed E-state index contributed by atoms with van der Waals surface area (Å²) in [4.78, 5) is 15.1. The first-order chi connectivity index (χ1) is 9.13. The minimum atomic E-state index is -0.721. The van der Waals surface area contributed by atoms with Crippen molar-refractivity contribution in [2.75, 3.05) is 6.54 Å². The van der Waals surface area contributed by atoms with Gasteiger partial charge in [-0.3, -0.25) is 4.79 Å². The van der Waals surface area contributed by atoms with Gasteiger partial charge in [0.1, 0.15) is 5.54 Å². The van der Waals surface area contributed by atoms with Crippen LogP contribution in [0.3, 0.4) is 0 Å². The van der Waals surface area contributed by atoms with Gasteiger partial charge in [0.2, 0.25) is 5.91 Å². The van der Waals surface area contributed by atoms with E-state index in [0.29, 0.717) is 32.2 Å². The lowest BCUT2D eigenvalue weighted by molar-refractivity contribution is -0.126. The SMILES string of the molecule is N#CC1(N)CCC(C(=O)NCCc2ccc[nH]2)CC1. The van der Waals surface area contributed by atoms with E-state index in [4.69, 9.17) is 11.0 Å². The number of hydrogen-bond donors (Lipinski definition) is 3. The van der Waals surface area contributed by atoms with Crippen molar-refractivity contribution in [1.29, 1.82) is 5.26 Å². The molecule has 0 aliphatic heterocycles. The van der Waals surface area contributed by atoms with Crippen LogP contribution in [0.1, 0.15) is 31.4 Å². The Morgan fingerprint density at radius 2 is 2.32 bits per heavy atom. The number of nitrogens with two attached hydrogens (primary N) is 1. The largest absolute Gasteiger partial charge is 0.365 e. The molecule has 0 radical (unpaired) electrons. The highest BCUT2D eigenvalue weighted by molar-refractivity contribution is 5.78. The molecule has 0 aromatic carbocycles. The Labute approximate surface area is 113 Å². The summed E-state index contributed by atoms with van der Waals surface area (Å²) in [5.41, 5.74) is 6.29. The second-order valence-electron chi connectivity index (χ2n) is 5.28. The molecular weight excluding hydrogens is 240 g/mol. The zero-order valence-electron chi connectivity index (χ0n) is 11.0. The van der Waals surface area contributed by atoms with Gasteiger partial charge in [-0.05, 0) is 37.8 Å². The fourth-order valence-corrected chi connectivity index (χ4v) is 2.49.